The molecule has 0 spiro atoms. The standard InChI is InChI=1S/C23H33N5O3S/c1-18-7-9-28(10-8-18)32(30,31)22-15-25(17-24-22)16-23(29)27-13-11-26(12-14-27)21-6-4-5-19(2)20(21)3/h4-6,15,17-18H,7-14,16H2,1-3H3. The number of piperidine rings is 1. The van der Waals surface area contributed by atoms with Crippen LogP contribution in [-0.2, 0) is 21.4 Å². The number of rotatable bonds is 5. The van der Waals surface area contributed by atoms with Gasteiger partial charge in [-0.2, -0.15) is 4.31 Å². The van der Waals surface area contributed by atoms with Crippen molar-refractivity contribution in [2.45, 2.75) is 45.2 Å². The van der Waals surface area contributed by atoms with E-state index in [-0.39, 0.29) is 17.5 Å². The first-order valence-electron chi connectivity index (χ1n) is 11.4. The fraction of sp³-hybridized carbons (Fsp3) is 0.565. The third-order valence-corrected chi connectivity index (χ3v) is 8.61. The van der Waals surface area contributed by atoms with E-state index in [1.165, 1.54) is 33.6 Å². The number of piperazine rings is 1. The number of amides is 1. The Morgan fingerprint density at radius 2 is 1.75 bits per heavy atom. The molecule has 0 saturated carbocycles. The summed E-state index contributed by atoms with van der Waals surface area (Å²) in [4.78, 5) is 21.1. The normalized spacial score (nSPS) is 18.8. The van der Waals surface area contributed by atoms with E-state index in [4.69, 9.17) is 0 Å². The maximum atomic E-state index is 12.9. The Bertz CT molecular complexity index is 1070. The molecule has 174 valence electrons. The third kappa shape index (κ3) is 4.68. The van der Waals surface area contributed by atoms with Gasteiger partial charge in [0, 0.05) is 51.2 Å². The monoisotopic (exact) mass is 459 g/mol. The number of hydrogen-bond acceptors (Lipinski definition) is 5. The lowest BCUT2D eigenvalue weighted by Crippen LogP contribution is -2.49. The maximum absolute atomic E-state index is 12.9. The van der Waals surface area contributed by atoms with Gasteiger partial charge in [-0.1, -0.05) is 19.1 Å². The summed E-state index contributed by atoms with van der Waals surface area (Å²) in [7, 11) is -3.60. The van der Waals surface area contributed by atoms with E-state index >= 15 is 0 Å². The smallest absolute Gasteiger partial charge is 0.262 e. The first kappa shape index (κ1) is 22.8. The molecule has 1 aromatic heterocycles. The highest BCUT2D eigenvalue weighted by Crippen LogP contribution is 2.24. The lowest BCUT2D eigenvalue weighted by atomic mass is 10.0. The van der Waals surface area contributed by atoms with E-state index in [0.29, 0.717) is 32.1 Å². The molecule has 1 aromatic carbocycles. The number of aryl methyl sites for hydroxylation is 1. The molecule has 0 unspecified atom stereocenters. The molecule has 4 rings (SSSR count). The van der Waals surface area contributed by atoms with E-state index in [2.05, 4.69) is 48.9 Å². The number of anilines is 1. The van der Waals surface area contributed by atoms with Crippen molar-refractivity contribution in [3.8, 4) is 0 Å². The summed E-state index contributed by atoms with van der Waals surface area (Å²) >= 11 is 0. The SMILES string of the molecule is Cc1cccc(N2CCN(C(=O)Cn3cnc(S(=O)(=O)N4CCC(C)CC4)c3)CC2)c1C. The topological polar surface area (TPSA) is 78.8 Å². The first-order chi connectivity index (χ1) is 15.3. The Kier molecular flexibility index (Phi) is 6.57. The lowest BCUT2D eigenvalue weighted by Gasteiger charge is -2.37. The van der Waals surface area contributed by atoms with Gasteiger partial charge in [-0.25, -0.2) is 13.4 Å². The van der Waals surface area contributed by atoms with Gasteiger partial charge in [-0.05, 0) is 49.8 Å². The van der Waals surface area contributed by atoms with Gasteiger partial charge >= 0.3 is 0 Å². The average molecular weight is 460 g/mol. The summed E-state index contributed by atoms with van der Waals surface area (Å²) in [5.41, 5.74) is 3.78. The van der Waals surface area contributed by atoms with Crippen LogP contribution in [0.25, 0.3) is 0 Å². The Morgan fingerprint density at radius 1 is 1.06 bits per heavy atom. The van der Waals surface area contributed by atoms with Crippen LogP contribution in [0.2, 0.25) is 0 Å². The van der Waals surface area contributed by atoms with E-state index in [0.717, 1.165) is 25.9 Å². The number of benzene rings is 1. The van der Waals surface area contributed by atoms with Crippen molar-refractivity contribution in [3.63, 3.8) is 0 Å². The molecular weight excluding hydrogens is 426 g/mol. The largest absolute Gasteiger partial charge is 0.368 e. The summed E-state index contributed by atoms with van der Waals surface area (Å²) in [6.45, 7) is 10.4. The molecule has 32 heavy (non-hydrogen) atoms. The molecule has 2 fully saturated rings. The number of carbonyl (C=O) groups excluding carboxylic acids is 1. The van der Waals surface area contributed by atoms with Crippen LogP contribution in [0, 0.1) is 19.8 Å². The highest BCUT2D eigenvalue weighted by atomic mass is 32.2. The molecule has 1 amide bonds. The quantitative estimate of drug-likeness (QED) is 0.685. The van der Waals surface area contributed by atoms with Gasteiger partial charge in [-0.3, -0.25) is 4.79 Å². The summed E-state index contributed by atoms with van der Waals surface area (Å²) in [6, 6.07) is 6.32. The Morgan fingerprint density at radius 3 is 2.44 bits per heavy atom. The van der Waals surface area contributed by atoms with Crippen LogP contribution in [0.15, 0.2) is 35.7 Å². The van der Waals surface area contributed by atoms with Gasteiger partial charge in [0.15, 0.2) is 5.03 Å². The molecule has 2 aromatic rings. The van der Waals surface area contributed by atoms with Crippen LogP contribution in [-0.4, -0.2) is 72.3 Å². The molecule has 2 saturated heterocycles. The predicted molar refractivity (Wildman–Crippen MR) is 124 cm³/mol. The number of imidazole rings is 1. The lowest BCUT2D eigenvalue weighted by molar-refractivity contribution is -0.132. The number of hydrogen-bond donors (Lipinski definition) is 0. The van der Waals surface area contributed by atoms with Gasteiger partial charge < -0.3 is 14.4 Å². The minimum Gasteiger partial charge on any atom is -0.368 e. The van der Waals surface area contributed by atoms with E-state index in [1.54, 1.807) is 4.57 Å². The van der Waals surface area contributed by atoms with Gasteiger partial charge in [0.1, 0.15) is 6.54 Å². The summed E-state index contributed by atoms with van der Waals surface area (Å²) in [5, 5.41) is 0.0274. The molecule has 2 aliphatic heterocycles. The van der Waals surface area contributed by atoms with Crippen LogP contribution >= 0.6 is 0 Å². The number of carbonyl (C=O) groups is 1. The van der Waals surface area contributed by atoms with Gasteiger partial charge in [-0.15, -0.1) is 0 Å². The summed E-state index contributed by atoms with van der Waals surface area (Å²) in [6.07, 6.45) is 4.67. The van der Waals surface area contributed by atoms with Crippen LogP contribution in [0.4, 0.5) is 5.69 Å². The van der Waals surface area contributed by atoms with Crippen molar-refractivity contribution < 1.29 is 13.2 Å². The first-order valence-corrected chi connectivity index (χ1v) is 12.8. The number of aromatic nitrogens is 2. The Hall–Kier alpha value is -2.39. The van der Waals surface area contributed by atoms with Crippen molar-refractivity contribution in [3.05, 3.63) is 41.9 Å². The highest BCUT2D eigenvalue weighted by Gasteiger charge is 2.30. The van der Waals surface area contributed by atoms with Gasteiger partial charge in [0.2, 0.25) is 5.91 Å². The second-order valence-corrected chi connectivity index (χ2v) is 10.9. The molecule has 0 atom stereocenters. The molecule has 0 aliphatic carbocycles. The van der Waals surface area contributed by atoms with Crippen LogP contribution < -0.4 is 4.90 Å². The molecule has 9 heteroatoms. The van der Waals surface area contributed by atoms with E-state index in [9.17, 15) is 13.2 Å². The maximum Gasteiger partial charge on any atom is 0.262 e. The minimum atomic E-state index is -3.60. The fourth-order valence-corrected chi connectivity index (χ4v) is 5.85. The minimum absolute atomic E-state index is 0.0150. The second kappa shape index (κ2) is 9.23. The molecule has 2 aliphatic rings. The number of sulfonamides is 1. The molecular formula is C23H33N5O3S. The Balaban J connectivity index is 1.34. The zero-order chi connectivity index (χ0) is 22.9. The van der Waals surface area contributed by atoms with Gasteiger partial charge in [0.25, 0.3) is 10.0 Å². The molecule has 0 bridgehead atoms. The summed E-state index contributed by atoms with van der Waals surface area (Å²) < 4.78 is 28.8. The second-order valence-electron chi connectivity index (χ2n) is 9.06. The van der Waals surface area contributed by atoms with Crippen molar-refractivity contribution in [1.29, 1.82) is 0 Å². The van der Waals surface area contributed by atoms with Crippen LogP contribution in [0.5, 0.6) is 0 Å². The highest BCUT2D eigenvalue weighted by molar-refractivity contribution is 7.89. The Labute approximate surface area is 190 Å². The average Bonchev–Trinajstić information content (AvgIpc) is 3.25. The fourth-order valence-electron chi connectivity index (χ4n) is 4.45. The molecule has 0 N–H and O–H groups in total. The van der Waals surface area contributed by atoms with Crippen LogP contribution in [0.3, 0.4) is 0 Å². The third-order valence-electron chi connectivity index (χ3n) is 6.82. The molecule has 8 nitrogen and oxygen atoms in total. The van der Waals surface area contributed by atoms with Crippen molar-refractivity contribution in [1.82, 2.24) is 18.8 Å². The van der Waals surface area contributed by atoms with Gasteiger partial charge in [0.05, 0.1) is 6.33 Å². The van der Waals surface area contributed by atoms with Crippen LogP contribution in [0.1, 0.15) is 30.9 Å². The van der Waals surface area contributed by atoms with E-state index < -0.39 is 10.0 Å². The number of nitrogens with zero attached hydrogens (tertiary/aromatic N) is 5. The molecule has 0 radical (unpaired) electrons. The zero-order valence-electron chi connectivity index (χ0n) is 19.2. The van der Waals surface area contributed by atoms with Crippen molar-refractivity contribution in [2.75, 3.05) is 44.2 Å². The van der Waals surface area contributed by atoms with E-state index in [1.807, 2.05) is 4.90 Å². The predicted octanol–water partition coefficient (Wildman–Crippen LogP) is 2.27. The van der Waals surface area contributed by atoms with Crippen molar-refractivity contribution in [2.24, 2.45) is 5.92 Å². The zero-order valence-corrected chi connectivity index (χ0v) is 20.0. The summed E-state index contributed by atoms with van der Waals surface area (Å²) in [5.74, 6) is 0.533. The van der Waals surface area contributed by atoms with Crippen molar-refractivity contribution >= 4 is 21.6 Å². The molecule has 3 heterocycles.